The van der Waals surface area contributed by atoms with Crippen LogP contribution in [0.4, 0.5) is 0 Å². The second-order valence-corrected chi connectivity index (χ2v) is 5.34. The predicted molar refractivity (Wildman–Crippen MR) is 74.9 cm³/mol. The van der Waals surface area contributed by atoms with E-state index in [0.717, 1.165) is 32.8 Å². The number of morpholine rings is 1. The van der Waals surface area contributed by atoms with Crippen LogP contribution in [0, 0.1) is 13.8 Å². The summed E-state index contributed by atoms with van der Waals surface area (Å²) in [5.41, 5.74) is 4.13. The first-order valence-electron chi connectivity index (χ1n) is 6.71. The number of nitrogens with one attached hydrogen (secondary N) is 1. The van der Waals surface area contributed by atoms with Gasteiger partial charge in [0.1, 0.15) is 0 Å². The third-order valence-corrected chi connectivity index (χ3v) is 3.55. The fourth-order valence-electron chi connectivity index (χ4n) is 2.39. The van der Waals surface area contributed by atoms with E-state index in [4.69, 9.17) is 4.74 Å². The Bertz CT molecular complexity index is 386. The van der Waals surface area contributed by atoms with Gasteiger partial charge in [0.2, 0.25) is 0 Å². The average molecular weight is 248 g/mol. The highest BCUT2D eigenvalue weighted by Gasteiger charge is 2.15. The largest absolute Gasteiger partial charge is 0.378 e. The molecule has 0 spiro atoms. The van der Waals surface area contributed by atoms with Crippen molar-refractivity contribution in [1.82, 2.24) is 10.2 Å². The highest BCUT2D eigenvalue weighted by atomic mass is 16.5. The van der Waals surface area contributed by atoms with Crippen molar-refractivity contribution >= 4 is 0 Å². The van der Waals surface area contributed by atoms with Crippen LogP contribution in [0.15, 0.2) is 18.2 Å². The van der Waals surface area contributed by atoms with Gasteiger partial charge in [0, 0.05) is 25.7 Å². The Balaban J connectivity index is 1.85. The molecule has 0 amide bonds. The van der Waals surface area contributed by atoms with Crippen LogP contribution in [-0.2, 0) is 11.3 Å². The van der Waals surface area contributed by atoms with Crippen molar-refractivity contribution in [3.05, 3.63) is 34.9 Å². The van der Waals surface area contributed by atoms with Gasteiger partial charge in [-0.2, -0.15) is 0 Å². The van der Waals surface area contributed by atoms with E-state index in [1.54, 1.807) is 0 Å². The van der Waals surface area contributed by atoms with Gasteiger partial charge in [-0.1, -0.05) is 18.2 Å². The Morgan fingerprint density at radius 3 is 2.83 bits per heavy atom. The van der Waals surface area contributed by atoms with E-state index in [9.17, 15) is 0 Å². The Kier molecular flexibility index (Phi) is 4.75. The molecule has 2 rings (SSSR count). The zero-order valence-corrected chi connectivity index (χ0v) is 11.7. The summed E-state index contributed by atoms with van der Waals surface area (Å²) in [6.45, 7) is 9.02. The number of rotatable bonds is 4. The van der Waals surface area contributed by atoms with E-state index in [1.807, 2.05) is 0 Å². The Hall–Kier alpha value is -0.900. The number of nitrogens with zero attached hydrogens (tertiary/aromatic N) is 1. The van der Waals surface area contributed by atoms with Gasteiger partial charge in [0.15, 0.2) is 0 Å². The van der Waals surface area contributed by atoms with Crippen molar-refractivity contribution < 1.29 is 4.74 Å². The fourth-order valence-corrected chi connectivity index (χ4v) is 2.39. The fraction of sp³-hybridized carbons (Fsp3) is 0.600. The van der Waals surface area contributed by atoms with Gasteiger partial charge in [0.05, 0.1) is 13.2 Å². The summed E-state index contributed by atoms with van der Waals surface area (Å²) in [6, 6.07) is 7.19. The monoisotopic (exact) mass is 248 g/mol. The lowest BCUT2D eigenvalue weighted by Gasteiger charge is -2.28. The summed E-state index contributed by atoms with van der Waals surface area (Å²) in [5.74, 6) is 0. The summed E-state index contributed by atoms with van der Waals surface area (Å²) in [4.78, 5) is 2.36. The number of benzene rings is 1. The molecule has 18 heavy (non-hydrogen) atoms. The molecule has 0 aliphatic carbocycles. The van der Waals surface area contributed by atoms with E-state index >= 15 is 0 Å². The standard InChI is InChI=1S/C15H24N2O/c1-12-4-5-14(8-13(12)2)9-17(3)10-15-11-18-7-6-16-15/h4-5,8,15-16H,6-7,9-11H2,1-3H3. The minimum absolute atomic E-state index is 0.468. The van der Waals surface area contributed by atoms with Crippen LogP contribution in [0.3, 0.4) is 0 Å². The lowest BCUT2D eigenvalue weighted by atomic mass is 10.1. The molecule has 1 heterocycles. The number of hydrogen-bond acceptors (Lipinski definition) is 3. The molecule has 0 aromatic heterocycles. The Labute approximate surface area is 110 Å². The highest BCUT2D eigenvalue weighted by molar-refractivity contribution is 5.29. The van der Waals surface area contributed by atoms with Gasteiger partial charge in [-0.05, 0) is 37.6 Å². The van der Waals surface area contributed by atoms with E-state index in [-0.39, 0.29) is 0 Å². The first-order chi connectivity index (χ1) is 8.65. The smallest absolute Gasteiger partial charge is 0.0632 e. The van der Waals surface area contributed by atoms with Crippen molar-refractivity contribution in [3.8, 4) is 0 Å². The molecule has 1 aliphatic heterocycles. The summed E-state index contributed by atoms with van der Waals surface area (Å²) in [7, 11) is 2.17. The third kappa shape index (κ3) is 3.80. The van der Waals surface area contributed by atoms with Crippen LogP contribution in [0.25, 0.3) is 0 Å². The van der Waals surface area contributed by atoms with Crippen molar-refractivity contribution in [2.75, 3.05) is 33.4 Å². The van der Waals surface area contributed by atoms with Crippen LogP contribution in [0.5, 0.6) is 0 Å². The molecular weight excluding hydrogens is 224 g/mol. The summed E-state index contributed by atoms with van der Waals surface area (Å²) >= 11 is 0. The summed E-state index contributed by atoms with van der Waals surface area (Å²) in [6.07, 6.45) is 0. The van der Waals surface area contributed by atoms with Gasteiger partial charge in [-0.25, -0.2) is 0 Å². The van der Waals surface area contributed by atoms with Crippen molar-refractivity contribution in [2.24, 2.45) is 0 Å². The molecule has 1 N–H and O–H groups in total. The van der Waals surface area contributed by atoms with Crippen LogP contribution in [0.2, 0.25) is 0 Å². The van der Waals surface area contributed by atoms with Crippen LogP contribution >= 0.6 is 0 Å². The normalized spacial score (nSPS) is 20.3. The maximum Gasteiger partial charge on any atom is 0.0632 e. The van der Waals surface area contributed by atoms with Crippen LogP contribution in [0.1, 0.15) is 16.7 Å². The van der Waals surface area contributed by atoms with Gasteiger partial charge in [-0.3, -0.25) is 0 Å². The molecule has 1 unspecified atom stereocenters. The van der Waals surface area contributed by atoms with Gasteiger partial charge in [0.25, 0.3) is 0 Å². The van der Waals surface area contributed by atoms with E-state index in [1.165, 1.54) is 16.7 Å². The van der Waals surface area contributed by atoms with Gasteiger partial charge >= 0.3 is 0 Å². The predicted octanol–water partition coefficient (Wildman–Crippen LogP) is 1.72. The van der Waals surface area contributed by atoms with E-state index < -0.39 is 0 Å². The molecular formula is C15H24N2O. The maximum absolute atomic E-state index is 5.48. The SMILES string of the molecule is Cc1ccc(CN(C)CC2COCCN2)cc1C. The molecule has 3 heteroatoms. The molecule has 0 radical (unpaired) electrons. The lowest BCUT2D eigenvalue weighted by Crippen LogP contribution is -2.47. The molecule has 1 aromatic rings. The minimum atomic E-state index is 0.468. The molecule has 1 fully saturated rings. The number of aryl methyl sites for hydroxylation is 2. The minimum Gasteiger partial charge on any atom is -0.378 e. The highest BCUT2D eigenvalue weighted by Crippen LogP contribution is 2.11. The molecule has 1 saturated heterocycles. The number of ether oxygens (including phenoxy) is 1. The summed E-state index contributed by atoms with van der Waals surface area (Å²) in [5, 5.41) is 3.49. The van der Waals surface area contributed by atoms with Crippen LogP contribution in [-0.4, -0.2) is 44.3 Å². The second-order valence-electron chi connectivity index (χ2n) is 5.34. The molecule has 1 aromatic carbocycles. The maximum atomic E-state index is 5.48. The molecule has 3 nitrogen and oxygen atoms in total. The van der Waals surface area contributed by atoms with Crippen molar-refractivity contribution in [2.45, 2.75) is 26.4 Å². The van der Waals surface area contributed by atoms with Crippen molar-refractivity contribution in [3.63, 3.8) is 0 Å². The zero-order chi connectivity index (χ0) is 13.0. The van der Waals surface area contributed by atoms with E-state index in [0.29, 0.717) is 6.04 Å². The molecule has 1 aliphatic rings. The van der Waals surface area contributed by atoms with E-state index in [2.05, 4.69) is 49.3 Å². The van der Waals surface area contributed by atoms with Gasteiger partial charge in [-0.15, -0.1) is 0 Å². The van der Waals surface area contributed by atoms with Crippen LogP contribution < -0.4 is 5.32 Å². The Morgan fingerprint density at radius 1 is 1.33 bits per heavy atom. The zero-order valence-electron chi connectivity index (χ0n) is 11.7. The van der Waals surface area contributed by atoms with Gasteiger partial charge < -0.3 is 15.0 Å². The molecule has 0 bridgehead atoms. The Morgan fingerprint density at radius 2 is 2.17 bits per heavy atom. The van der Waals surface area contributed by atoms with Crippen molar-refractivity contribution in [1.29, 1.82) is 0 Å². The molecule has 1 atom stereocenters. The number of likely N-dealkylation sites (N-methyl/N-ethyl adjacent to an activating group) is 1. The summed E-state index contributed by atoms with van der Waals surface area (Å²) < 4.78 is 5.48. The first kappa shape index (κ1) is 13.5. The molecule has 100 valence electrons. The number of hydrogen-bond donors (Lipinski definition) is 1. The first-order valence-corrected chi connectivity index (χ1v) is 6.71. The third-order valence-electron chi connectivity index (χ3n) is 3.55. The average Bonchev–Trinajstić information content (AvgIpc) is 2.35. The quantitative estimate of drug-likeness (QED) is 0.878. The second kappa shape index (κ2) is 6.32. The molecule has 0 saturated carbocycles. The lowest BCUT2D eigenvalue weighted by molar-refractivity contribution is 0.0645. The topological polar surface area (TPSA) is 24.5 Å².